The Bertz CT molecular complexity index is 192. The molecule has 0 spiro atoms. The molecule has 1 fully saturated rings. The maximum atomic E-state index is 10.9. The van der Waals surface area contributed by atoms with Crippen molar-refractivity contribution in [1.29, 1.82) is 0 Å². The largest absolute Gasteiger partial charge is 0.447 e. The maximum absolute atomic E-state index is 10.9. The quantitative estimate of drug-likeness (QED) is 0.546. The van der Waals surface area contributed by atoms with Gasteiger partial charge in [0.2, 0.25) is 0 Å². The third-order valence-corrected chi connectivity index (χ3v) is 1.52. The Morgan fingerprint density at radius 1 is 1.82 bits per heavy atom. The first-order valence-corrected chi connectivity index (χ1v) is 3.34. The third kappa shape index (κ3) is 1.26. The fraction of sp³-hybridized carbons (Fsp3) is 0.667. The Morgan fingerprint density at radius 3 is 2.82 bits per heavy atom. The Kier molecular flexibility index (Phi) is 1.98. The predicted octanol–water partition coefficient (Wildman–Crippen LogP) is 0.166. The van der Waals surface area contributed by atoms with E-state index in [2.05, 4.69) is 10.1 Å². The predicted molar refractivity (Wildman–Crippen MR) is 37.1 cm³/mol. The highest BCUT2D eigenvalue weighted by atomic mass is 16.6. The number of carbonyl (C=O) groups is 2. The molecule has 1 aliphatic heterocycles. The van der Waals surface area contributed by atoms with Crippen molar-refractivity contribution in [2.75, 3.05) is 13.7 Å². The Balaban J connectivity index is 2.68. The van der Waals surface area contributed by atoms with Gasteiger partial charge in [-0.05, 0) is 6.92 Å². The minimum absolute atomic E-state index is 0.164. The van der Waals surface area contributed by atoms with E-state index < -0.39 is 12.1 Å². The summed E-state index contributed by atoms with van der Waals surface area (Å²) in [6, 6.07) is -0.581. The van der Waals surface area contributed by atoms with E-state index in [-0.39, 0.29) is 12.6 Å². The first-order chi connectivity index (χ1) is 5.16. The van der Waals surface area contributed by atoms with Crippen LogP contribution in [0.15, 0.2) is 0 Å². The number of imide groups is 1. The molecule has 0 aromatic carbocycles. The van der Waals surface area contributed by atoms with Gasteiger partial charge >= 0.3 is 12.1 Å². The van der Waals surface area contributed by atoms with Crippen LogP contribution in [0.25, 0.3) is 0 Å². The zero-order valence-electron chi connectivity index (χ0n) is 6.46. The molecule has 1 aliphatic rings. The van der Waals surface area contributed by atoms with Gasteiger partial charge in [-0.3, -0.25) is 0 Å². The molecule has 1 unspecified atom stereocenters. The van der Waals surface area contributed by atoms with Gasteiger partial charge in [-0.2, -0.15) is 0 Å². The molecule has 0 saturated carbocycles. The number of carbonyl (C=O) groups excluding carboxylic acids is 2. The standard InChI is InChI=1S/C6H10N2O3/c1-4-3-11-6(10)8(4)5(9)7-2/h4H,3H2,1-2H3,(H,7,9). The molecule has 62 valence electrons. The fourth-order valence-corrected chi connectivity index (χ4v) is 0.919. The van der Waals surface area contributed by atoms with E-state index in [0.717, 1.165) is 4.90 Å². The summed E-state index contributed by atoms with van der Waals surface area (Å²) < 4.78 is 4.63. The van der Waals surface area contributed by atoms with E-state index in [9.17, 15) is 9.59 Å². The van der Waals surface area contributed by atoms with Crippen molar-refractivity contribution in [3.05, 3.63) is 0 Å². The SMILES string of the molecule is CNC(=O)N1C(=O)OCC1C. The molecular formula is C6H10N2O3. The Morgan fingerprint density at radius 2 is 2.45 bits per heavy atom. The van der Waals surface area contributed by atoms with E-state index in [1.165, 1.54) is 7.05 Å². The molecule has 1 rings (SSSR count). The molecular weight excluding hydrogens is 148 g/mol. The van der Waals surface area contributed by atoms with E-state index in [1.807, 2.05) is 0 Å². The molecule has 0 radical (unpaired) electrons. The Hall–Kier alpha value is -1.26. The summed E-state index contributed by atoms with van der Waals surface area (Å²) in [5.74, 6) is 0. The van der Waals surface area contributed by atoms with Crippen LogP contribution in [0.3, 0.4) is 0 Å². The Labute approximate surface area is 64.3 Å². The molecule has 0 aromatic heterocycles. The molecule has 11 heavy (non-hydrogen) atoms. The minimum atomic E-state index is -0.572. The van der Waals surface area contributed by atoms with Crippen LogP contribution in [0.1, 0.15) is 6.92 Å². The van der Waals surface area contributed by atoms with Crippen LogP contribution in [-0.2, 0) is 4.74 Å². The summed E-state index contributed by atoms with van der Waals surface area (Å²) in [5, 5.41) is 2.35. The zero-order valence-corrected chi connectivity index (χ0v) is 6.46. The topological polar surface area (TPSA) is 58.6 Å². The van der Waals surface area contributed by atoms with Crippen LogP contribution in [0.4, 0.5) is 9.59 Å². The summed E-state index contributed by atoms with van der Waals surface area (Å²) in [6.45, 7) is 2.03. The number of ether oxygens (including phenoxy) is 1. The monoisotopic (exact) mass is 158 g/mol. The molecule has 1 saturated heterocycles. The van der Waals surface area contributed by atoms with Crippen LogP contribution in [0.2, 0.25) is 0 Å². The van der Waals surface area contributed by atoms with Crippen LogP contribution in [-0.4, -0.2) is 36.7 Å². The van der Waals surface area contributed by atoms with E-state index >= 15 is 0 Å². The van der Waals surface area contributed by atoms with Crippen LogP contribution in [0.5, 0.6) is 0 Å². The lowest BCUT2D eigenvalue weighted by atomic mass is 10.3. The number of nitrogens with zero attached hydrogens (tertiary/aromatic N) is 1. The summed E-state index contributed by atoms with van der Waals surface area (Å²) in [4.78, 5) is 22.8. The average molecular weight is 158 g/mol. The van der Waals surface area contributed by atoms with Crippen LogP contribution in [0, 0.1) is 0 Å². The smallest absolute Gasteiger partial charge is 0.418 e. The van der Waals surface area contributed by atoms with Crippen molar-refractivity contribution in [2.24, 2.45) is 0 Å². The van der Waals surface area contributed by atoms with Crippen molar-refractivity contribution in [3.63, 3.8) is 0 Å². The molecule has 1 N–H and O–H groups in total. The lowest BCUT2D eigenvalue weighted by molar-refractivity contribution is 0.158. The van der Waals surface area contributed by atoms with Crippen molar-refractivity contribution in [1.82, 2.24) is 10.2 Å². The van der Waals surface area contributed by atoms with Gasteiger partial charge < -0.3 is 10.1 Å². The number of cyclic esters (lactones) is 1. The average Bonchev–Trinajstić information content (AvgIpc) is 2.30. The summed E-state index contributed by atoms with van der Waals surface area (Å²) in [6.07, 6.45) is -0.572. The molecule has 0 aliphatic carbocycles. The molecule has 0 aromatic rings. The van der Waals surface area contributed by atoms with E-state index in [0.29, 0.717) is 0 Å². The van der Waals surface area contributed by atoms with Gasteiger partial charge in [0.15, 0.2) is 0 Å². The number of rotatable bonds is 0. The highest BCUT2D eigenvalue weighted by Gasteiger charge is 2.34. The van der Waals surface area contributed by atoms with Gasteiger partial charge in [-0.15, -0.1) is 0 Å². The lowest BCUT2D eigenvalue weighted by Gasteiger charge is -2.14. The van der Waals surface area contributed by atoms with Gasteiger partial charge in [-0.1, -0.05) is 0 Å². The maximum Gasteiger partial charge on any atom is 0.418 e. The zero-order chi connectivity index (χ0) is 8.43. The number of nitrogens with one attached hydrogen (secondary N) is 1. The number of hydrogen-bond acceptors (Lipinski definition) is 3. The number of amides is 3. The van der Waals surface area contributed by atoms with Gasteiger partial charge in [0.05, 0.1) is 6.04 Å². The minimum Gasteiger partial charge on any atom is -0.447 e. The van der Waals surface area contributed by atoms with Crippen molar-refractivity contribution in [2.45, 2.75) is 13.0 Å². The van der Waals surface area contributed by atoms with E-state index in [1.54, 1.807) is 6.92 Å². The third-order valence-electron chi connectivity index (χ3n) is 1.52. The van der Waals surface area contributed by atoms with Gasteiger partial charge in [0, 0.05) is 7.05 Å². The molecule has 1 heterocycles. The second kappa shape index (κ2) is 2.77. The first-order valence-electron chi connectivity index (χ1n) is 3.34. The normalized spacial score (nSPS) is 23.3. The fourth-order valence-electron chi connectivity index (χ4n) is 0.919. The van der Waals surface area contributed by atoms with Gasteiger partial charge in [-0.25, -0.2) is 14.5 Å². The van der Waals surface area contributed by atoms with Crippen molar-refractivity contribution in [3.8, 4) is 0 Å². The van der Waals surface area contributed by atoms with Gasteiger partial charge in [0.1, 0.15) is 6.61 Å². The lowest BCUT2D eigenvalue weighted by Crippen LogP contribution is -2.42. The van der Waals surface area contributed by atoms with E-state index in [4.69, 9.17) is 0 Å². The molecule has 1 atom stereocenters. The van der Waals surface area contributed by atoms with Crippen molar-refractivity contribution >= 4 is 12.1 Å². The van der Waals surface area contributed by atoms with Crippen LogP contribution < -0.4 is 5.32 Å². The van der Waals surface area contributed by atoms with Crippen molar-refractivity contribution < 1.29 is 14.3 Å². The first kappa shape index (κ1) is 7.84. The summed E-state index contributed by atoms with van der Waals surface area (Å²) >= 11 is 0. The highest BCUT2D eigenvalue weighted by molar-refractivity contribution is 5.92. The molecule has 5 heteroatoms. The molecule has 0 bridgehead atoms. The number of hydrogen-bond donors (Lipinski definition) is 1. The molecule has 5 nitrogen and oxygen atoms in total. The molecule has 3 amide bonds. The second-order valence-corrected chi connectivity index (χ2v) is 2.35. The van der Waals surface area contributed by atoms with Crippen LogP contribution >= 0.6 is 0 Å². The second-order valence-electron chi connectivity index (χ2n) is 2.35. The van der Waals surface area contributed by atoms with Gasteiger partial charge in [0.25, 0.3) is 0 Å². The highest BCUT2D eigenvalue weighted by Crippen LogP contribution is 2.10. The summed E-state index contributed by atoms with van der Waals surface area (Å²) in [5.41, 5.74) is 0. The summed E-state index contributed by atoms with van der Waals surface area (Å²) in [7, 11) is 1.47. The number of urea groups is 1.